The molecule has 1 saturated carbocycles. The van der Waals surface area contributed by atoms with Crippen LogP contribution in [0.3, 0.4) is 0 Å². The number of unbranched alkanes of at least 4 members (excludes halogenated alkanes) is 1. The number of fused-ring (bicyclic) bond motifs is 3. The fourth-order valence-electron chi connectivity index (χ4n) is 7.10. The Hall–Kier alpha value is -1.74. The number of thiophene rings is 1. The van der Waals surface area contributed by atoms with E-state index in [0.717, 1.165) is 62.9 Å². The van der Waals surface area contributed by atoms with E-state index in [1.165, 1.54) is 72.5 Å². The van der Waals surface area contributed by atoms with Gasteiger partial charge < -0.3 is 25.0 Å². The minimum Gasteiger partial charge on any atom is -0.396 e. The van der Waals surface area contributed by atoms with Crippen molar-refractivity contribution in [3.63, 3.8) is 0 Å². The number of nitrogens with two attached hydrogens (primary N) is 1. The maximum Gasteiger partial charge on any atom is 0.152 e. The molecule has 3 aliphatic rings. The highest BCUT2D eigenvalue weighted by Gasteiger charge is 2.30. The second kappa shape index (κ2) is 11.8. The number of aliphatic hydroxyl groups is 1. The third kappa shape index (κ3) is 5.34. The highest BCUT2D eigenvalue weighted by atomic mass is 32.1. The number of nitrogens with zero attached hydrogens (tertiary/aromatic N) is 4. The lowest BCUT2D eigenvalue weighted by molar-refractivity contribution is 0.0613. The molecule has 8 heteroatoms. The molecule has 3 aromatic heterocycles. The van der Waals surface area contributed by atoms with Crippen LogP contribution in [0.5, 0.6) is 0 Å². The summed E-state index contributed by atoms with van der Waals surface area (Å²) in [5.41, 5.74) is 9.72. The number of nitrogen functional groups attached to an aromatic ring is 1. The number of imidazole rings is 1. The summed E-state index contributed by atoms with van der Waals surface area (Å²) >= 11 is 1.95. The summed E-state index contributed by atoms with van der Waals surface area (Å²) in [6.07, 6.45) is 12.8. The molecule has 0 spiro atoms. The van der Waals surface area contributed by atoms with Crippen molar-refractivity contribution in [2.45, 2.75) is 96.1 Å². The lowest BCUT2D eigenvalue weighted by Crippen LogP contribution is -2.43. The Morgan fingerprint density at radius 1 is 1.03 bits per heavy atom. The Morgan fingerprint density at radius 2 is 1.79 bits per heavy atom. The molecule has 3 N–H and O–H groups in total. The van der Waals surface area contributed by atoms with Gasteiger partial charge in [0, 0.05) is 43.7 Å². The van der Waals surface area contributed by atoms with Gasteiger partial charge in [-0.15, -0.1) is 11.3 Å². The van der Waals surface area contributed by atoms with Crippen molar-refractivity contribution in [2.24, 2.45) is 11.8 Å². The highest BCUT2D eigenvalue weighted by Crippen LogP contribution is 2.41. The van der Waals surface area contributed by atoms with Gasteiger partial charge in [-0.05, 0) is 94.7 Å². The van der Waals surface area contributed by atoms with Crippen molar-refractivity contribution in [2.75, 3.05) is 38.6 Å². The molecule has 3 aromatic rings. The molecule has 2 saturated heterocycles. The number of likely N-dealkylation sites (tertiary alicyclic amines) is 1. The Kier molecular flexibility index (Phi) is 8.21. The second-order valence-electron chi connectivity index (χ2n) is 12.0. The van der Waals surface area contributed by atoms with Crippen LogP contribution in [-0.2, 0) is 17.7 Å². The van der Waals surface area contributed by atoms with Crippen molar-refractivity contribution in [3.8, 4) is 0 Å². The minimum absolute atomic E-state index is 0.362. The monoisotopic (exact) mass is 539 g/mol. The molecule has 0 bridgehead atoms. The molecule has 0 amide bonds. The number of hydrogen-bond donors (Lipinski definition) is 2. The average Bonchev–Trinajstić information content (AvgIpc) is 3.54. The van der Waals surface area contributed by atoms with Crippen molar-refractivity contribution in [1.82, 2.24) is 19.4 Å². The van der Waals surface area contributed by atoms with E-state index in [2.05, 4.69) is 22.5 Å². The van der Waals surface area contributed by atoms with Gasteiger partial charge in [0.2, 0.25) is 0 Å². The number of hydrogen-bond acceptors (Lipinski definition) is 7. The normalized spacial score (nSPS) is 24.6. The Bertz CT molecular complexity index is 1220. The second-order valence-corrected chi connectivity index (χ2v) is 13.1. The van der Waals surface area contributed by atoms with Gasteiger partial charge >= 0.3 is 0 Å². The predicted octanol–water partition coefficient (Wildman–Crippen LogP) is 5.73. The summed E-state index contributed by atoms with van der Waals surface area (Å²) in [4.78, 5) is 14.2. The molecule has 7 nitrogen and oxygen atoms in total. The number of ether oxygens (including phenoxy) is 1. The smallest absolute Gasteiger partial charge is 0.152 e. The fourth-order valence-corrected chi connectivity index (χ4v) is 8.42. The zero-order chi connectivity index (χ0) is 26.1. The van der Waals surface area contributed by atoms with Gasteiger partial charge in [-0.1, -0.05) is 13.3 Å². The van der Waals surface area contributed by atoms with Gasteiger partial charge in [0.15, 0.2) is 5.82 Å². The van der Waals surface area contributed by atoms with Gasteiger partial charge in [0.05, 0.1) is 15.7 Å². The Morgan fingerprint density at radius 3 is 2.50 bits per heavy atom. The third-order valence-electron chi connectivity index (χ3n) is 9.54. The molecular weight excluding hydrogens is 494 g/mol. The molecule has 1 aliphatic carbocycles. The van der Waals surface area contributed by atoms with Crippen LogP contribution in [0, 0.1) is 11.8 Å². The first-order valence-electron chi connectivity index (χ1n) is 15.1. The number of rotatable bonds is 8. The molecule has 0 aromatic carbocycles. The Balaban J connectivity index is 1.26. The maximum atomic E-state index is 9.49. The highest BCUT2D eigenvalue weighted by molar-refractivity contribution is 7.20. The third-order valence-corrected chi connectivity index (χ3v) is 10.8. The van der Waals surface area contributed by atoms with Gasteiger partial charge in [-0.2, -0.15) is 0 Å². The molecule has 0 atom stereocenters. The number of piperidine rings is 1. The van der Waals surface area contributed by atoms with Crippen LogP contribution in [0.1, 0.15) is 87.8 Å². The van der Waals surface area contributed by atoms with Crippen molar-refractivity contribution >= 4 is 38.4 Å². The topological polar surface area (TPSA) is 89.4 Å². The Labute approximate surface area is 230 Å². The van der Waals surface area contributed by atoms with Crippen LogP contribution < -0.4 is 5.73 Å². The molecule has 6 rings (SSSR count). The summed E-state index contributed by atoms with van der Waals surface area (Å²) in [5.74, 6) is 3.51. The summed E-state index contributed by atoms with van der Waals surface area (Å²) < 4.78 is 9.43. The van der Waals surface area contributed by atoms with E-state index in [9.17, 15) is 5.11 Å². The number of pyridine rings is 1. The first-order valence-corrected chi connectivity index (χ1v) is 16.0. The zero-order valence-electron chi connectivity index (χ0n) is 23.0. The van der Waals surface area contributed by atoms with E-state index in [-0.39, 0.29) is 0 Å². The molecule has 5 heterocycles. The van der Waals surface area contributed by atoms with E-state index in [1.807, 2.05) is 11.3 Å². The van der Waals surface area contributed by atoms with Crippen LogP contribution in [0.25, 0.3) is 21.3 Å². The minimum atomic E-state index is 0.362. The van der Waals surface area contributed by atoms with Crippen LogP contribution in [-0.4, -0.2) is 63.5 Å². The van der Waals surface area contributed by atoms with E-state index in [0.29, 0.717) is 36.2 Å². The van der Waals surface area contributed by atoms with E-state index in [4.69, 9.17) is 20.4 Å². The zero-order valence-corrected chi connectivity index (χ0v) is 23.9. The van der Waals surface area contributed by atoms with Crippen LogP contribution in [0.2, 0.25) is 0 Å². The maximum absolute atomic E-state index is 9.49. The summed E-state index contributed by atoms with van der Waals surface area (Å²) in [7, 11) is 0. The summed E-state index contributed by atoms with van der Waals surface area (Å²) in [5, 5.41) is 9.49. The number of aliphatic hydroxyl groups excluding tert-OH is 1. The predicted molar refractivity (Wildman–Crippen MR) is 156 cm³/mol. The van der Waals surface area contributed by atoms with Crippen molar-refractivity contribution in [1.29, 1.82) is 0 Å². The number of anilines is 1. The molecular formula is C30H45N5O2S. The van der Waals surface area contributed by atoms with Crippen LogP contribution in [0.15, 0.2) is 6.07 Å². The lowest BCUT2D eigenvalue weighted by atomic mass is 9.84. The summed E-state index contributed by atoms with van der Waals surface area (Å²) in [6.45, 7) is 7.71. The largest absolute Gasteiger partial charge is 0.396 e. The lowest BCUT2D eigenvalue weighted by Gasteiger charge is -2.40. The van der Waals surface area contributed by atoms with Crippen LogP contribution in [0.4, 0.5) is 5.82 Å². The van der Waals surface area contributed by atoms with E-state index >= 15 is 0 Å². The average molecular weight is 540 g/mol. The van der Waals surface area contributed by atoms with Crippen molar-refractivity contribution < 1.29 is 9.84 Å². The standard InChI is InChI=1S/C30H45N5O2S/c1-2-3-4-26-33-27-28(35(26)18-20-11-15-37-16-12-20)29-24(32-30(27)31)17-25(38-29)22-9-13-34(14-10-22)23-7-5-21(19-36)6-8-23/h17,20-23,36H,2-16,18-19H2,1H3,(H2,31,32). The molecule has 0 radical (unpaired) electrons. The molecule has 3 fully saturated rings. The quantitative estimate of drug-likeness (QED) is 0.380. The van der Waals surface area contributed by atoms with E-state index in [1.54, 1.807) is 0 Å². The first kappa shape index (κ1) is 26.5. The number of aryl methyl sites for hydroxylation is 1. The molecule has 2 aliphatic heterocycles. The SMILES string of the molecule is CCCCc1nc2c(N)nc3cc(C4CCN(C5CCC(CO)CC5)CC4)sc3c2n1CC1CCOCC1. The van der Waals surface area contributed by atoms with Gasteiger partial charge in [0.25, 0.3) is 0 Å². The number of aromatic nitrogens is 3. The van der Waals surface area contributed by atoms with Gasteiger partial charge in [-0.3, -0.25) is 0 Å². The summed E-state index contributed by atoms with van der Waals surface area (Å²) in [6, 6.07) is 3.04. The molecule has 38 heavy (non-hydrogen) atoms. The van der Waals surface area contributed by atoms with Gasteiger partial charge in [0.1, 0.15) is 11.3 Å². The fraction of sp³-hybridized carbons (Fsp3) is 0.733. The molecule has 208 valence electrons. The van der Waals surface area contributed by atoms with Crippen molar-refractivity contribution in [3.05, 3.63) is 16.8 Å². The van der Waals surface area contributed by atoms with Crippen LogP contribution >= 0.6 is 11.3 Å². The first-order chi connectivity index (χ1) is 18.6. The van der Waals surface area contributed by atoms with Gasteiger partial charge in [-0.25, -0.2) is 9.97 Å². The molecule has 0 unspecified atom stereocenters. The van der Waals surface area contributed by atoms with E-state index < -0.39 is 0 Å².